The second-order valence-electron chi connectivity index (χ2n) is 6.13. The van der Waals surface area contributed by atoms with Crippen LogP contribution < -0.4 is 10.1 Å². The lowest BCUT2D eigenvalue weighted by atomic mass is 10.2. The highest BCUT2D eigenvalue weighted by Crippen LogP contribution is 2.17. The Balaban J connectivity index is 1.47. The van der Waals surface area contributed by atoms with Crippen molar-refractivity contribution in [2.75, 3.05) is 27.2 Å². The first-order valence-electron chi connectivity index (χ1n) is 8.95. The highest BCUT2D eigenvalue weighted by molar-refractivity contribution is 5.79. The van der Waals surface area contributed by atoms with Gasteiger partial charge < -0.3 is 19.4 Å². The van der Waals surface area contributed by atoms with E-state index in [0.29, 0.717) is 37.3 Å². The number of ether oxygens (including phenoxy) is 1. The lowest BCUT2D eigenvalue weighted by Gasteiger charge is -2.21. The van der Waals surface area contributed by atoms with Gasteiger partial charge in [-0.3, -0.25) is 4.99 Å². The summed E-state index contributed by atoms with van der Waals surface area (Å²) in [5.41, 5.74) is 1.73. The number of halogens is 1. The van der Waals surface area contributed by atoms with Crippen molar-refractivity contribution >= 4 is 5.96 Å². The van der Waals surface area contributed by atoms with Gasteiger partial charge in [0.15, 0.2) is 5.96 Å². The van der Waals surface area contributed by atoms with E-state index < -0.39 is 0 Å². The molecule has 0 spiro atoms. The zero-order valence-electron chi connectivity index (χ0n) is 15.9. The van der Waals surface area contributed by atoms with Crippen LogP contribution in [0, 0.1) is 5.82 Å². The molecule has 0 aliphatic rings. The largest absolute Gasteiger partial charge is 0.492 e. The van der Waals surface area contributed by atoms with Crippen molar-refractivity contribution in [2.24, 2.45) is 4.99 Å². The monoisotopic (exact) mass is 382 g/mol. The zero-order valence-corrected chi connectivity index (χ0v) is 15.9. The molecular weight excluding hydrogens is 359 g/mol. The molecule has 28 heavy (non-hydrogen) atoms. The quantitative estimate of drug-likeness (QED) is 0.500. The van der Waals surface area contributed by atoms with Gasteiger partial charge in [-0.1, -0.05) is 18.2 Å². The van der Waals surface area contributed by atoms with Crippen LogP contribution in [-0.4, -0.2) is 43.1 Å². The average molecular weight is 382 g/mol. The van der Waals surface area contributed by atoms with Crippen molar-refractivity contribution in [3.63, 3.8) is 0 Å². The Morgan fingerprint density at radius 3 is 2.64 bits per heavy atom. The summed E-state index contributed by atoms with van der Waals surface area (Å²) in [5, 5.41) is 3.25. The van der Waals surface area contributed by atoms with E-state index in [1.165, 1.54) is 12.1 Å². The van der Waals surface area contributed by atoms with Crippen LogP contribution in [0.4, 0.5) is 4.39 Å². The molecule has 0 amide bonds. The summed E-state index contributed by atoms with van der Waals surface area (Å²) in [6, 6.07) is 15.7. The molecule has 146 valence electrons. The molecule has 3 aromatic rings. The van der Waals surface area contributed by atoms with E-state index in [4.69, 9.17) is 9.15 Å². The third-order valence-electron chi connectivity index (χ3n) is 4.08. The van der Waals surface area contributed by atoms with Crippen molar-refractivity contribution in [1.82, 2.24) is 15.2 Å². The Morgan fingerprint density at radius 2 is 1.93 bits per heavy atom. The molecule has 0 aliphatic carbocycles. The van der Waals surface area contributed by atoms with Gasteiger partial charge in [-0.2, -0.15) is 0 Å². The number of likely N-dealkylation sites (N-methyl/N-ethyl adjacent to an activating group) is 1. The van der Waals surface area contributed by atoms with Gasteiger partial charge in [0, 0.05) is 19.7 Å². The number of hydrogen-bond donors (Lipinski definition) is 1. The molecule has 0 saturated carbocycles. The molecule has 1 aromatic heterocycles. The predicted octanol–water partition coefficient (Wildman–Crippen LogP) is 3.57. The lowest BCUT2D eigenvalue weighted by molar-refractivity contribution is 0.281. The SMILES string of the molecule is CN=C(NCc1coc(-c2ccccc2)n1)N(C)CCOc1ccc(F)cc1. The molecule has 0 unspecified atom stereocenters. The van der Waals surface area contributed by atoms with Crippen molar-refractivity contribution < 1.29 is 13.5 Å². The lowest BCUT2D eigenvalue weighted by Crippen LogP contribution is -2.40. The van der Waals surface area contributed by atoms with E-state index in [1.807, 2.05) is 42.3 Å². The second-order valence-corrected chi connectivity index (χ2v) is 6.13. The summed E-state index contributed by atoms with van der Waals surface area (Å²) in [4.78, 5) is 10.7. The summed E-state index contributed by atoms with van der Waals surface area (Å²) in [7, 11) is 3.64. The van der Waals surface area contributed by atoms with Crippen LogP contribution in [0.15, 0.2) is 70.3 Å². The summed E-state index contributed by atoms with van der Waals surface area (Å²) in [6.07, 6.45) is 1.64. The Labute approximate surface area is 163 Å². The van der Waals surface area contributed by atoms with Gasteiger partial charge in [-0.15, -0.1) is 0 Å². The van der Waals surface area contributed by atoms with Crippen LogP contribution in [0.5, 0.6) is 5.75 Å². The number of guanidine groups is 1. The zero-order chi connectivity index (χ0) is 19.8. The molecule has 1 N–H and O–H groups in total. The average Bonchev–Trinajstić information content (AvgIpc) is 3.20. The van der Waals surface area contributed by atoms with Crippen LogP contribution in [-0.2, 0) is 6.54 Å². The second kappa shape index (κ2) is 9.55. The van der Waals surface area contributed by atoms with Crippen LogP contribution in [0.1, 0.15) is 5.69 Å². The number of rotatable bonds is 7. The van der Waals surface area contributed by atoms with E-state index in [2.05, 4.69) is 15.3 Å². The van der Waals surface area contributed by atoms with Crippen molar-refractivity contribution in [3.05, 3.63) is 72.4 Å². The van der Waals surface area contributed by atoms with Crippen molar-refractivity contribution in [2.45, 2.75) is 6.54 Å². The van der Waals surface area contributed by atoms with Gasteiger partial charge in [0.2, 0.25) is 5.89 Å². The predicted molar refractivity (Wildman–Crippen MR) is 107 cm³/mol. The van der Waals surface area contributed by atoms with Crippen molar-refractivity contribution in [3.8, 4) is 17.2 Å². The van der Waals surface area contributed by atoms with Crippen LogP contribution in [0.3, 0.4) is 0 Å². The topological polar surface area (TPSA) is 62.9 Å². The van der Waals surface area contributed by atoms with E-state index in [-0.39, 0.29) is 5.82 Å². The molecule has 7 heteroatoms. The molecule has 0 atom stereocenters. The fourth-order valence-electron chi connectivity index (χ4n) is 2.59. The highest BCUT2D eigenvalue weighted by atomic mass is 19.1. The number of benzene rings is 2. The minimum atomic E-state index is -0.280. The molecule has 1 heterocycles. The summed E-state index contributed by atoms with van der Waals surface area (Å²) < 4.78 is 24.1. The number of nitrogens with one attached hydrogen (secondary N) is 1. The van der Waals surface area contributed by atoms with Gasteiger partial charge in [0.25, 0.3) is 0 Å². The summed E-state index contributed by atoms with van der Waals surface area (Å²) in [5.74, 6) is 1.66. The maximum atomic E-state index is 12.9. The summed E-state index contributed by atoms with van der Waals surface area (Å²) in [6.45, 7) is 1.56. The van der Waals surface area contributed by atoms with Crippen LogP contribution in [0.2, 0.25) is 0 Å². The van der Waals surface area contributed by atoms with Gasteiger partial charge in [-0.05, 0) is 36.4 Å². The fraction of sp³-hybridized carbons (Fsp3) is 0.238. The number of aliphatic imine (C=N–C) groups is 1. The van der Waals surface area contributed by atoms with Crippen molar-refractivity contribution in [1.29, 1.82) is 0 Å². The standard InChI is InChI=1S/C21H23FN4O2/c1-23-21(26(2)12-13-27-19-10-8-17(22)9-11-19)24-14-18-15-28-20(25-18)16-6-4-3-5-7-16/h3-11,15H,12-14H2,1-2H3,(H,23,24). The smallest absolute Gasteiger partial charge is 0.226 e. The molecule has 3 rings (SSSR count). The molecule has 0 aliphatic heterocycles. The Morgan fingerprint density at radius 1 is 1.18 bits per heavy atom. The number of aromatic nitrogens is 1. The van der Waals surface area contributed by atoms with E-state index in [9.17, 15) is 4.39 Å². The molecule has 0 bridgehead atoms. The normalized spacial score (nSPS) is 11.3. The Kier molecular flexibility index (Phi) is 6.62. The summed E-state index contributed by atoms with van der Waals surface area (Å²) >= 11 is 0. The third kappa shape index (κ3) is 5.33. The first-order valence-corrected chi connectivity index (χ1v) is 8.95. The minimum absolute atomic E-state index is 0.280. The first-order chi connectivity index (χ1) is 13.7. The third-order valence-corrected chi connectivity index (χ3v) is 4.08. The first kappa shape index (κ1) is 19.4. The molecule has 0 radical (unpaired) electrons. The maximum Gasteiger partial charge on any atom is 0.226 e. The van der Waals surface area contributed by atoms with Gasteiger partial charge in [0.05, 0.1) is 18.8 Å². The number of nitrogens with zero attached hydrogens (tertiary/aromatic N) is 3. The Hall–Kier alpha value is -3.35. The maximum absolute atomic E-state index is 12.9. The molecule has 0 fully saturated rings. The molecular formula is C21H23FN4O2. The van der Waals surface area contributed by atoms with E-state index in [0.717, 1.165) is 11.3 Å². The minimum Gasteiger partial charge on any atom is -0.492 e. The molecule has 0 saturated heterocycles. The molecule has 2 aromatic carbocycles. The van der Waals surface area contributed by atoms with Gasteiger partial charge >= 0.3 is 0 Å². The fourth-order valence-corrected chi connectivity index (χ4v) is 2.59. The number of oxazole rings is 1. The number of hydrogen-bond acceptors (Lipinski definition) is 4. The van der Waals surface area contributed by atoms with Gasteiger partial charge in [0.1, 0.15) is 24.4 Å². The molecule has 6 nitrogen and oxygen atoms in total. The van der Waals surface area contributed by atoms with Gasteiger partial charge in [-0.25, -0.2) is 9.37 Å². The van der Waals surface area contributed by atoms with E-state index >= 15 is 0 Å². The van der Waals surface area contributed by atoms with Crippen LogP contribution in [0.25, 0.3) is 11.5 Å². The van der Waals surface area contributed by atoms with Crippen LogP contribution >= 0.6 is 0 Å². The highest BCUT2D eigenvalue weighted by Gasteiger charge is 2.09. The Bertz CT molecular complexity index is 894. The van der Waals surface area contributed by atoms with E-state index in [1.54, 1.807) is 25.4 Å².